The summed E-state index contributed by atoms with van der Waals surface area (Å²) in [5, 5.41) is 3.47. The number of ether oxygens (including phenoxy) is 1. The fourth-order valence-corrected chi connectivity index (χ4v) is 5.29. The van der Waals surface area contributed by atoms with Crippen molar-refractivity contribution in [2.24, 2.45) is 5.92 Å². The lowest BCUT2D eigenvalue weighted by atomic mass is 10.1. The summed E-state index contributed by atoms with van der Waals surface area (Å²) >= 11 is 0. The van der Waals surface area contributed by atoms with Gasteiger partial charge in [-0.1, -0.05) is 74.5 Å². The largest absolute Gasteiger partial charge is 0.367 e. The lowest BCUT2D eigenvalue weighted by molar-refractivity contribution is 0.146. The molecule has 2 atom stereocenters. The summed E-state index contributed by atoms with van der Waals surface area (Å²) in [5.41, 5.74) is 2.23. The highest BCUT2D eigenvalue weighted by molar-refractivity contribution is 7.59. The zero-order valence-corrected chi connectivity index (χ0v) is 17.5. The third-order valence-corrected chi connectivity index (χ3v) is 6.87. The molecule has 0 aliphatic rings. The molecule has 2 unspecified atom stereocenters. The first-order chi connectivity index (χ1) is 13.0. The van der Waals surface area contributed by atoms with Gasteiger partial charge in [-0.25, -0.2) is 0 Å². The van der Waals surface area contributed by atoms with Gasteiger partial charge in [0, 0.05) is 6.54 Å². The number of benzene rings is 2. The maximum Gasteiger partial charge on any atom is 0.244 e. The molecule has 4 nitrogen and oxygen atoms in total. The summed E-state index contributed by atoms with van der Waals surface area (Å²) in [4.78, 5) is 0. The van der Waals surface area contributed by atoms with Gasteiger partial charge in [-0.2, -0.15) is 0 Å². The molecule has 2 aromatic carbocycles. The molecule has 0 saturated heterocycles. The Morgan fingerprint density at radius 2 is 1.56 bits per heavy atom. The second-order valence-electron chi connectivity index (χ2n) is 7.12. The Morgan fingerprint density at radius 1 is 0.963 bits per heavy atom. The number of nitrogens with one attached hydrogen (secondary N) is 1. The monoisotopic (exact) mass is 389 g/mol. The Labute approximate surface area is 163 Å². The summed E-state index contributed by atoms with van der Waals surface area (Å²) in [6, 6.07) is 20.1. The van der Waals surface area contributed by atoms with E-state index < -0.39 is 7.37 Å². The van der Waals surface area contributed by atoms with E-state index in [9.17, 15) is 4.57 Å². The molecule has 0 aromatic heterocycles. The van der Waals surface area contributed by atoms with Crippen LogP contribution < -0.4 is 5.32 Å². The lowest BCUT2D eigenvalue weighted by Gasteiger charge is -2.29. The van der Waals surface area contributed by atoms with Crippen molar-refractivity contribution in [1.29, 1.82) is 0 Å². The van der Waals surface area contributed by atoms with Crippen LogP contribution in [0.25, 0.3) is 0 Å². The van der Waals surface area contributed by atoms with Crippen molar-refractivity contribution in [3.05, 3.63) is 71.8 Å². The Morgan fingerprint density at radius 3 is 2.11 bits per heavy atom. The molecule has 0 bridgehead atoms. The van der Waals surface area contributed by atoms with Crippen molar-refractivity contribution in [3.8, 4) is 0 Å². The first-order valence-corrected chi connectivity index (χ1v) is 11.5. The van der Waals surface area contributed by atoms with Crippen molar-refractivity contribution in [3.63, 3.8) is 0 Å². The van der Waals surface area contributed by atoms with Gasteiger partial charge in [0.2, 0.25) is 7.37 Å². The second-order valence-corrected chi connectivity index (χ2v) is 9.71. The smallest absolute Gasteiger partial charge is 0.244 e. The van der Waals surface area contributed by atoms with Gasteiger partial charge in [0.1, 0.15) is 6.35 Å². The molecule has 2 rings (SSSR count). The maximum absolute atomic E-state index is 13.7. The van der Waals surface area contributed by atoms with Gasteiger partial charge >= 0.3 is 0 Å². The third kappa shape index (κ3) is 7.59. The van der Waals surface area contributed by atoms with Crippen LogP contribution in [0.5, 0.6) is 0 Å². The van der Waals surface area contributed by atoms with E-state index in [1.165, 1.54) is 5.56 Å². The fraction of sp³-hybridized carbons (Fsp3) is 0.455. The van der Waals surface area contributed by atoms with Crippen LogP contribution in [-0.2, 0) is 27.0 Å². The van der Waals surface area contributed by atoms with E-state index in [-0.39, 0.29) is 12.1 Å². The van der Waals surface area contributed by atoms with Crippen molar-refractivity contribution in [2.45, 2.75) is 46.1 Å². The third-order valence-electron chi connectivity index (χ3n) is 4.28. The normalized spacial score (nSPS) is 14.8. The maximum atomic E-state index is 13.7. The minimum absolute atomic E-state index is 0.120. The van der Waals surface area contributed by atoms with Crippen molar-refractivity contribution in [2.75, 3.05) is 13.0 Å². The Hall–Kier alpha value is -1.45. The van der Waals surface area contributed by atoms with Crippen molar-refractivity contribution in [1.82, 2.24) is 5.32 Å². The van der Waals surface area contributed by atoms with Gasteiger partial charge in [-0.05, 0) is 30.4 Å². The van der Waals surface area contributed by atoms with Crippen molar-refractivity contribution >= 4 is 7.37 Å². The average Bonchev–Trinajstić information content (AvgIpc) is 2.67. The highest BCUT2D eigenvalue weighted by Crippen LogP contribution is 2.53. The molecule has 148 valence electrons. The molecule has 0 saturated carbocycles. The van der Waals surface area contributed by atoms with Crippen LogP contribution in [0, 0.1) is 5.92 Å². The van der Waals surface area contributed by atoms with Gasteiger partial charge in [0.25, 0.3) is 0 Å². The van der Waals surface area contributed by atoms with Gasteiger partial charge < -0.3 is 14.6 Å². The zero-order valence-electron chi connectivity index (χ0n) is 16.6. The minimum atomic E-state index is -2.99. The second kappa shape index (κ2) is 11.4. The average molecular weight is 389 g/mol. The van der Waals surface area contributed by atoms with E-state index in [0.717, 1.165) is 12.0 Å². The van der Waals surface area contributed by atoms with E-state index >= 15 is 0 Å². The van der Waals surface area contributed by atoms with E-state index in [4.69, 9.17) is 9.26 Å². The molecule has 0 aliphatic carbocycles. The lowest BCUT2D eigenvalue weighted by Crippen LogP contribution is -2.32. The fourth-order valence-electron chi connectivity index (χ4n) is 2.96. The molecule has 5 heteroatoms. The summed E-state index contributed by atoms with van der Waals surface area (Å²) in [6.45, 7) is 7.66. The molecule has 0 radical (unpaired) electrons. The Balaban J connectivity index is 2.04. The highest BCUT2D eigenvalue weighted by Gasteiger charge is 2.34. The summed E-state index contributed by atoms with van der Waals surface area (Å²) in [7, 11) is -2.99. The summed E-state index contributed by atoms with van der Waals surface area (Å²) in [5.74, 6) is 0.176. The van der Waals surface area contributed by atoms with Gasteiger partial charge in [0.15, 0.2) is 0 Å². The molecule has 0 aliphatic heterocycles. The molecule has 0 fully saturated rings. The van der Waals surface area contributed by atoms with Crippen LogP contribution in [-0.4, -0.2) is 18.7 Å². The van der Waals surface area contributed by atoms with Crippen LogP contribution >= 0.6 is 7.37 Å². The van der Waals surface area contributed by atoms with E-state index in [1.54, 1.807) is 0 Å². The molecule has 2 aromatic rings. The minimum Gasteiger partial charge on any atom is -0.367 e. The molecular formula is C22H32NO3P. The standard InChI is InChI=1S/C22H32NO3P/c1-4-26-27(24,18-25-17-21-13-9-6-10-14-21)22(15-19(2)3)23-16-20-11-7-5-8-12-20/h5-14,19,22-23H,4,15-18H2,1-3H3. The number of rotatable bonds is 12. The quantitative estimate of drug-likeness (QED) is 0.478. The van der Waals surface area contributed by atoms with Crippen LogP contribution in [0.1, 0.15) is 38.3 Å². The summed E-state index contributed by atoms with van der Waals surface area (Å²) in [6.07, 6.45) is 0.897. The first-order valence-electron chi connectivity index (χ1n) is 9.65. The van der Waals surface area contributed by atoms with Crippen molar-refractivity contribution < 1.29 is 13.8 Å². The highest BCUT2D eigenvalue weighted by atomic mass is 31.2. The van der Waals surface area contributed by atoms with Gasteiger partial charge in [0.05, 0.1) is 19.0 Å². The number of hydrogen-bond donors (Lipinski definition) is 1. The molecule has 1 N–H and O–H groups in total. The van der Waals surface area contributed by atoms with E-state index in [0.29, 0.717) is 25.7 Å². The molecule has 0 heterocycles. The first kappa shape index (κ1) is 21.8. The molecule has 27 heavy (non-hydrogen) atoms. The number of hydrogen-bond acceptors (Lipinski definition) is 4. The van der Waals surface area contributed by atoms with Crippen LogP contribution in [0.3, 0.4) is 0 Å². The van der Waals surface area contributed by atoms with Gasteiger partial charge in [-0.15, -0.1) is 0 Å². The van der Waals surface area contributed by atoms with Crippen LogP contribution in [0.4, 0.5) is 0 Å². The molecule has 0 spiro atoms. The van der Waals surface area contributed by atoms with Gasteiger partial charge in [-0.3, -0.25) is 4.57 Å². The Bertz CT molecular complexity index is 691. The predicted octanol–water partition coefficient (Wildman–Crippen LogP) is 5.64. The molecule has 0 amide bonds. The van der Waals surface area contributed by atoms with E-state index in [2.05, 4.69) is 31.3 Å². The van der Waals surface area contributed by atoms with Crippen LogP contribution in [0.15, 0.2) is 60.7 Å². The van der Waals surface area contributed by atoms with Crippen LogP contribution in [0.2, 0.25) is 0 Å². The zero-order chi connectivity index (χ0) is 19.5. The molecular weight excluding hydrogens is 357 g/mol. The Kier molecular flexibility index (Phi) is 9.23. The van der Waals surface area contributed by atoms with E-state index in [1.807, 2.05) is 55.5 Å². The predicted molar refractivity (Wildman–Crippen MR) is 112 cm³/mol. The SMILES string of the molecule is CCOP(=O)(COCc1ccccc1)C(CC(C)C)NCc1ccccc1. The summed E-state index contributed by atoms with van der Waals surface area (Å²) < 4.78 is 25.3. The topological polar surface area (TPSA) is 47.6 Å².